The topological polar surface area (TPSA) is 62.4 Å². The Morgan fingerprint density at radius 1 is 0.844 bits per heavy atom. The average molecular weight is 426 g/mol. The second kappa shape index (κ2) is 9.07. The maximum Gasteiger partial charge on any atom is 0.248 e. The van der Waals surface area contributed by atoms with Crippen molar-refractivity contribution in [1.29, 1.82) is 0 Å². The number of aliphatic hydroxyl groups excluding tert-OH is 1. The Balaban J connectivity index is 1.39. The SMILES string of the molecule is Cc1c(-c2ccccc2)cccc1-c1nnc(-c2cccc(CN3CCC(O)CC3)c2)o1. The molecular formula is C27H27N3O2. The highest BCUT2D eigenvalue weighted by Gasteiger charge is 2.18. The first-order valence-corrected chi connectivity index (χ1v) is 11.2. The lowest BCUT2D eigenvalue weighted by Gasteiger charge is -2.29. The molecule has 0 unspecified atom stereocenters. The summed E-state index contributed by atoms with van der Waals surface area (Å²) in [5.41, 5.74) is 6.54. The molecule has 1 fully saturated rings. The largest absolute Gasteiger partial charge is 0.416 e. The number of hydrogen-bond acceptors (Lipinski definition) is 5. The molecule has 0 spiro atoms. The lowest BCUT2D eigenvalue weighted by atomic mass is 9.96. The fraction of sp³-hybridized carbons (Fsp3) is 0.259. The van der Waals surface area contributed by atoms with Crippen molar-refractivity contribution in [2.24, 2.45) is 0 Å². The number of likely N-dealkylation sites (tertiary alicyclic amines) is 1. The third-order valence-electron chi connectivity index (χ3n) is 6.21. The quantitative estimate of drug-likeness (QED) is 0.468. The zero-order valence-electron chi connectivity index (χ0n) is 18.2. The predicted octanol–water partition coefficient (Wildman–Crippen LogP) is 5.34. The third-order valence-corrected chi connectivity index (χ3v) is 6.21. The molecular weight excluding hydrogens is 398 g/mol. The summed E-state index contributed by atoms with van der Waals surface area (Å²) >= 11 is 0. The van der Waals surface area contributed by atoms with E-state index in [1.54, 1.807) is 0 Å². The van der Waals surface area contributed by atoms with E-state index in [0.29, 0.717) is 11.8 Å². The van der Waals surface area contributed by atoms with Crippen molar-refractivity contribution in [3.05, 3.63) is 83.9 Å². The molecule has 0 radical (unpaired) electrons. The summed E-state index contributed by atoms with van der Waals surface area (Å²) in [6, 6.07) is 24.8. The molecule has 0 atom stereocenters. The summed E-state index contributed by atoms with van der Waals surface area (Å²) in [6.07, 6.45) is 1.53. The van der Waals surface area contributed by atoms with Crippen LogP contribution in [0.2, 0.25) is 0 Å². The molecule has 5 heteroatoms. The van der Waals surface area contributed by atoms with Crippen molar-refractivity contribution in [2.75, 3.05) is 13.1 Å². The number of aromatic nitrogens is 2. The molecule has 0 saturated carbocycles. The third kappa shape index (κ3) is 4.35. The van der Waals surface area contributed by atoms with Gasteiger partial charge in [-0.1, -0.05) is 54.6 Å². The van der Waals surface area contributed by atoms with Gasteiger partial charge in [0.25, 0.3) is 0 Å². The van der Waals surface area contributed by atoms with E-state index in [0.717, 1.165) is 54.7 Å². The zero-order chi connectivity index (χ0) is 21.9. The van der Waals surface area contributed by atoms with E-state index < -0.39 is 0 Å². The number of benzene rings is 3. The molecule has 0 aliphatic carbocycles. The zero-order valence-corrected chi connectivity index (χ0v) is 18.2. The number of nitrogens with zero attached hydrogens (tertiary/aromatic N) is 3. The van der Waals surface area contributed by atoms with Crippen LogP contribution >= 0.6 is 0 Å². The van der Waals surface area contributed by atoms with Gasteiger partial charge in [0.2, 0.25) is 11.8 Å². The average Bonchev–Trinajstić information content (AvgIpc) is 3.32. The monoisotopic (exact) mass is 425 g/mol. The van der Waals surface area contributed by atoms with Crippen LogP contribution < -0.4 is 0 Å². The molecule has 5 nitrogen and oxygen atoms in total. The van der Waals surface area contributed by atoms with Crippen LogP contribution in [0.4, 0.5) is 0 Å². The summed E-state index contributed by atoms with van der Waals surface area (Å²) in [4.78, 5) is 2.38. The van der Waals surface area contributed by atoms with E-state index in [9.17, 15) is 5.11 Å². The molecule has 1 saturated heterocycles. The number of aliphatic hydroxyl groups is 1. The highest BCUT2D eigenvalue weighted by molar-refractivity contribution is 5.75. The van der Waals surface area contributed by atoms with Crippen molar-refractivity contribution < 1.29 is 9.52 Å². The fourth-order valence-electron chi connectivity index (χ4n) is 4.38. The summed E-state index contributed by atoms with van der Waals surface area (Å²) < 4.78 is 6.12. The lowest BCUT2D eigenvalue weighted by Crippen LogP contribution is -2.35. The van der Waals surface area contributed by atoms with Crippen molar-refractivity contribution in [2.45, 2.75) is 32.4 Å². The van der Waals surface area contributed by atoms with Gasteiger partial charge in [0.1, 0.15) is 0 Å². The van der Waals surface area contributed by atoms with Crippen LogP contribution in [0.1, 0.15) is 24.0 Å². The van der Waals surface area contributed by atoms with Crippen LogP contribution in [0.5, 0.6) is 0 Å². The first-order chi connectivity index (χ1) is 15.7. The van der Waals surface area contributed by atoms with E-state index in [4.69, 9.17) is 4.42 Å². The highest BCUT2D eigenvalue weighted by Crippen LogP contribution is 2.32. The van der Waals surface area contributed by atoms with Crippen molar-refractivity contribution in [1.82, 2.24) is 15.1 Å². The van der Waals surface area contributed by atoms with E-state index in [-0.39, 0.29) is 6.10 Å². The van der Waals surface area contributed by atoms with Crippen molar-refractivity contribution in [3.8, 4) is 34.0 Å². The standard InChI is InChI=1S/C27H27N3O2/c1-19-24(21-8-3-2-4-9-21)11-6-12-25(19)27-29-28-26(32-27)22-10-5-7-20(17-22)18-30-15-13-23(31)14-16-30/h2-12,17,23,31H,13-16,18H2,1H3. The minimum absolute atomic E-state index is 0.154. The van der Waals surface area contributed by atoms with Gasteiger partial charge >= 0.3 is 0 Å². The predicted molar refractivity (Wildman–Crippen MR) is 126 cm³/mol. The number of piperidine rings is 1. The maximum atomic E-state index is 9.73. The Morgan fingerprint density at radius 3 is 2.34 bits per heavy atom. The Bertz CT molecular complexity index is 1190. The fourth-order valence-corrected chi connectivity index (χ4v) is 4.38. The van der Waals surface area contributed by atoms with E-state index in [1.165, 1.54) is 11.1 Å². The number of rotatable bonds is 5. The summed E-state index contributed by atoms with van der Waals surface area (Å²) in [5, 5.41) is 18.4. The molecule has 3 aromatic carbocycles. The first-order valence-electron chi connectivity index (χ1n) is 11.2. The van der Waals surface area contributed by atoms with Gasteiger partial charge in [-0.15, -0.1) is 10.2 Å². The Hall–Kier alpha value is -3.28. The second-order valence-electron chi connectivity index (χ2n) is 8.46. The van der Waals surface area contributed by atoms with Gasteiger partial charge in [-0.2, -0.15) is 0 Å². The van der Waals surface area contributed by atoms with E-state index in [2.05, 4.69) is 52.4 Å². The van der Waals surface area contributed by atoms with Gasteiger partial charge in [-0.05, 0) is 60.2 Å². The van der Waals surface area contributed by atoms with Gasteiger partial charge in [0.05, 0.1) is 6.10 Å². The Morgan fingerprint density at radius 2 is 1.53 bits per heavy atom. The Kier molecular flexibility index (Phi) is 5.84. The van der Waals surface area contributed by atoms with Gasteiger partial charge in [-0.25, -0.2) is 0 Å². The van der Waals surface area contributed by atoms with Crippen LogP contribution in [0, 0.1) is 6.92 Å². The van der Waals surface area contributed by atoms with Crippen molar-refractivity contribution in [3.63, 3.8) is 0 Å². The molecule has 162 valence electrons. The summed E-state index contributed by atoms with van der Waals surface area (Å²) in [5.74, 6) is 1.06. The Labute approximate surface area is 188 Å². The normalized spacial score (nSPS) is 15.2. The molecule has 0 amide bonds. The molecule has 1 N–H and O–H groups in total. The van der Waals surface area contributed by atoms with Crippen LogP contribution in [0.15, 0.2) is 77.2 Å². The van der Waals surface area contributed by atoms with Gasteiger partial charge in [0, 0.05) is 30.8 Å². The maximum absolute atomic E-state index is 9.73. The number of hydrogen-bond donors (Lipinski definition) is 1. The summed E-state index contributed by atoms with van der Waals surface area (Å²) in [7, 11) is 0. The van der Waals surface area contributed by atoms with Crippen LogP contribution in [0.3, 0.4) is 0 Å². The molecule has 2 heterocycles. The van der Waals surface area contributed by atoms with Crippen LogP contribution in [-0.2, 0) is 6.54 Å². The van der Waals surface area contributed by atoms with E-state index >= 15 is 0 Å². The molecule has 1 aromatic heterocycles. The van der Waals surface area contributed by atoms with Crippen LogP contribution in [-0.4, -0.2) is 39.4 Å². The molecule has 32 heavy (non-hydrogen) atoms. The van der Waals surface area contributed by atoms with Gasteiger partial charge in [0.15, 0.2) is 0 Å². The minimum Gasteiger partial charge on any atom is -0.416 e. The molecule has 5 rings (SSSR count). The summed E-state index contributed by atoms with van der Waals surface area (Å²) in [6.45, 7) is 4.80. The molecule has 1 aliphatic rings. The van der Waals surface area contributed by atoms with Gasteiger partial charge < -0.3 is 9.52 Å². The molecule has 1 aliphatic heterocycles. The molecule has 0 bridgehead atoms. The second-order valence-corrected chi connectivity index (χ2v) is 8.46. The lowest BCUT2D eigenvalue weighted by molar-refractivity contribution is 0.0792. The van der Waals surface area contributed by atoms with Crippen LogP contribution in [0.25, 0.3) is 34.0 Å². The van der Waals surface area contributed by atoms with Gasteiger partial charge in [-0.3, -0.25) is 4.90 Å². The van der Waals surface area contributed by atoms with Crippen molar-refractivity contribution >= 4 is 0 Å². The smallest absolute Gasteiger partial charge is 0.248 e. The van der Waals surface area contributed by atoms with E-state index in [1.807, 2.05) is 42.5 Å². The molecule has 4 aromatic rings. The first kappa shape index (κ1) is 20.6. The highest BCUT2D eigenvalue weighted by atomic mass is 16.4. The minimum atomic E-state index is -0.154.